The maximum absolute atomic E-state index is 12.0. The van der Waals surface area contributed by atoms with Gasteiger partial charge in [-0.1, -0.05) is 0 Å². The summed E-state index contributed by atoms with van der Waals surface area (Å²) in [6.45, 7) is 2.65. The Morgan fingerprint density at radius 3 is 2.35 bits per heavy atom. The van der Waals surface area contributed by atoms with Crippen molar-refractivity contribution in [1.82, 2.24) is 5.43 Å². The van der Waals surface area contributed by atoms with Crippen LogP contribution in [0.25, 0.3) is 0 Å². The van der Waals surface area contributed by atoms with Crippen molar-refractivity contribution in [3.8, 4) is 5.75 Å². The van der Waals surface area contributed by atoms with Crippen LogP contribution in [0.1, 0.15) is 17.3 Å². The van der Waals surface area contributed by atoms with Gasteiger partial charge >= 0.3 is 0 Å². The predicted octanol–water partition coefficient (Wildman–Crippen LogP) is 0.615. The average molecular weight is 315 g/mol. The molecule has 0 radical (unpaired) electrons. The third kappa shape index (κ3) is 4.79. The molecule has 7 heteroatoms. The normalized spacial score (nSPS) is 10.0. The molecule has 0 saturated heterocycles. The highest BCUT2D eigenvalue weighted by Gasteiger charge is 2.11. The monoisotopic (exact) mass is 315 g/mol. The van der Waals surface area contributed by atoms with E-state index in [1.807, 2.05) is 12.3 Å². The maximum Gasteiger partial charge on any atom is 0.290 e. The standard InChI is InChI=1S/C16H18N4O3/c1-2-23-14-5-3-13(4-6-14)18-15(21)11-20-9-7-12(8-10-20)16(22)19-17/h3-10,17H,2,11H2,1H3,(H2,18,21,22)/p+1. The van der Waals surface area contributed by atoms with Gasteiger partial charge < -0.3 is 10.1 Å². The number of hydrogen-bond acceptors (Lipinski definition) is 4. The van der Waals surface area contributed by atoms with Gasteiger partial charge in [0.25, 0.3) is 11.8 Å². The van der Waals surface area contributed by atoms with Crippen molar-refractivity contribution >= 4 is 17.5 Å². The number of pyridine rings is 1. The number of carbonyl (C=O) groups is 2. The molecule has 23 heavy (non-hydrogen) atoms. The number of ether oxygens (including phenoxy) is 1. The van der Waals surface area contributed by atoms with Crippen LogP contribution in [0.5, 0.6) is 5.75 Å². The summed E-state index contributed by atoms with van der Waals surface area (Å²) in [5.74, 6) is 5.27. The Balaban J connectivity index is 1.92. The molecule has 0 unspecified atom stereocenters. The average Bonchev–Trinajstić information content (AvgIpc) is 2.57. The summed E-state index contributed by atoms with van der Waals surface area (Å²) in [5, 5.41) is 2.79. The number of nitrogens with zero attached hydrogens (tertiary/aromatic N) is 1. The van der Waals surface area contributed by atoms with Crippen molar-refractivity contribution in [3.05, 3.63) is 54.4 Å². The molecule has 4 N–H and O–H groups in total. The molecular formula is C16H19N4O3+. The number of aromatic nitrogens is 1. The van der Waals surface area contributed by atoms with E-state index in [2.05, 4.69) is 5.32 Å². The van der Waals surface area contributed by atoms with Gasteiger partial charge in [0, 0.05) is 17.8 Å². The SMILES string of the molecule is CCOc1ccc(NC(=O)C[n+]2ccc(C(=O)NN)cc2)cc1. The van der Waals surface area contributed by atoms with Crippen LogP contribution in [0, 0.1) is 0 Å². The van der Waals surface area contributed by atoms with Crippen LogP contribution in [-0.2, 0) is 11.3 Å². The molecule has 0 aliphatic rings. The van der Waals surface area contributed by atoms with Crippen LogP contribution < -0.4 is 25.9 Å². The van der Waals surface area contributed by atoms with Crippen molar-refractivity contribution < 1.29 is 18.9 Å². The minimum absolute atomic E-state index is 0.137. The number of nitrogens with two attached hydrogens (primary N) is 1. The number of benzene rings is 1. The molecule has 1 aromatic carbocycles. The first-order valence-electron chi connectivity index (χ1n) is 7.15. The Labute approximate surface area is 134 Å². The third-order valence-corrected chi connectivity index (χ3v) is 3.06. The van der Waals surface area contributed by atoms with Crippen LogP contribution in [-0.4, -0.2) is 18.4 Å². The lowest BCUT2D eigenvalue weighted by molar-refractivity contribution is -0.684. The molecule has 1 aromatic heterocycles. The summed E-state index contributed by atoms with van der Waals surface area (Å²) in [7, 11) is 0. The maximum atomic E-state index is 12.0. The second kappa shape index (κ2) is 7.90. The van der Waals surface area contributed by atoms with E-state index in [0.29, 0.717) is 17.9 Å². The van der Waals surface area contributed by atoms with E-state index >= 15 is 0 Å². The minimum Gasteiger partial charge on any atom is -0.494 e. The summed E-state index contributed by atoms with van der Waals surface area (Å²) < 4.78 is 7.01. The van der Waals surface area contributed by atoms with Gasteiger partial charge in [0.1, 0.15) is 5.75 Å². The van der Waals surface area contributed by atoms with Gasteiger partial charge in [-0.3, -0.25) is 15.0 Å². The van der Waals surface area contributed by atoms with Gasteiger partial charge in [-0.25, -0.2) is 5.84 Å². The van der Waals surface area contributed by atoms with Crippen LogP contribution >= 0.6 is 0 Å². The second-order valence-electron chi connectivity index (χ2n) is 4.74. The smallest absolute Gasteiger partial charge is 0.290 e. The quantitative estimate of drug-likeness (QED) is 0.315. The number of nitrogen functional groups attached to an aromatic ring is 1. The number of amides is 2. The van der Waals surface area contributed by atoms with E-state index < -0.39 is 0 Å². The van der Waals surface area contributed by atoms with Gasteiger partial charge in [-0.15, -0.1) is 0 Å². The Kier molecular flexibility index (Phi) is 5.65. The molecule has 2 amide bonds. The number of carbonyl (C=O) groups excluding carboxylic acids is 2. The molecule has 1 heterocycles. The van der Waals surface area contributed by atoms with E-state index in [1.54, 1.807) is 53.4 Å². The van der Waals surface area contributed by atoms with Gasteiger partial charge in [0.15, 0.2) is 12.4 Å². The fraction of sp³-hybridized carbons (Fsp3) is 0.188. The number of anilines is 1. The summed E-state index contributed by atoms with van der Waals surface area (Å²) in [5.41, 5.74) is 3.17. The van der Waals surface area contributed by atoms with E-state index in [1.165, 1.54) is 0 Å². The molecule has 2 aromatic rings. The van der Waals surface area contributed by atoms with Crippen LogP contribution in [0.2, 0.25) is 0 Å². The van der Waals surface area contributed by atoms with Crippen molar-refractivity contribution in [2.75, 3.05) is 11.9 Å². The Hall–Kier alpha value is -2.93. The van der Waals surface area contributed by atoms with Crippen molar-refractivity contribution in [2.45, 2.75) is 13.5 Å². The first-order chi connectivity index (χ1) is 11.1. The van der Waals surface area contributed by atoms with Crippen LogP contribution in [0.3, 0.4) is 0 Å². The fourth-order valence-corrected chi connectivity index (χ4v) is 1.96. The molecule has 0 aliphatic carbocycles. The third-order valence-electron chi connectivity index (χ3n) is 3.06. The predicted molar refractivity (Wildman–Crippen MR) is 84.5 cm³/mol. The van der Waals surface area contributed by atoms with Crippen LogP contribution in [0.15, 0.2) is 48.8 Å². The summed E-state index contributed by atoms with van der Waals surface area (Å²) >= 11 is 0. The highest BCUT2D eigenvalue weighted by atomic mass is 16.5. The molecule has 0 bridgehead atoms. The zero-order chi connectivity index (χ0) is 16.7. The first-order valence-corrected chi connectivity index (χ1v) is 7.15. The number of hydrogen-bond donors (Lipinski definition) is 3. The highest BCUT2D eigenvalue weighted by Crippen LogP contribution is 2.15. The van der Waals surface area contributed by atoms with E-state index in [4.69, 9.17) is 10.6 Å². The zero-order valence-electron chi connectivity index (χ0n) is 12.8. The number of rotatable bonds is 6. The molecule has 0 spiro atoms. The summed E-state index contributed by atoms with van der Waals surface area (Å²) in [6.07, 6.45) is 3.28. The zero-order valence-corrected chi connectivity index (χ0v) is 12.8. The van der Waals surface area contributed by atoms with E-state index in [-0.39, 0.29) is 18.4 Å². The van der Waals surface area contributed by atoms with Crippen molar-refractivity contribution in [2.24, 2.45) is 5.84 Å². The van der Waals surface area contributed by atoms with Gasteiger partial charge in [-0.2, -0.15) is 4.57 Å². The van der Waals surface area contributed by atoms with E-state index in [0.717, 1.165) is 5.75 Å². The van der Waals surface area contributed by atoms with Gasteiger partial charge in [-0.05, 0) is 31.2 Å². The second-order valence-corrected chi connectivity index (χ2v) is 4.74. The highest BCUT2D eigenvalue weighted by molar-refractivity contribution is 5.93. The Morgan fingerprint density at radius 1 is 1.13 bits per heavy atom. The molecule has 7 nitrogen and oxygen atoms in total. The lowest BCUT2D eigenvalue weighted by Gasteiger charge is -2.06. The van der Waals surface area contributed by atoms with Gasteiger partial charge in [0.05, 0.1) is 12.2 Å². The molecule has 0 aliphatic heterocycles. The van der Waals surface area contributed by atoms with E-state index in [9.17, 15) is 9.59 Å². The molecular weight excluding hydrogens is 296 g/mol. The number of hydrazine groups is 1. The van der Waals surface area contributed by atoms with Crippen molar-refractivity contribution in [3.63, 3.8) is 0 Å². The van der Waals surface area contributed by atoms with Crippen molar-refractivity contribution in [1.29, 1.82) is 0 Å². The number of nitrogens with one attached hydrogen (secondary N) is 2. The van der Waals surface area contributed by atoms with Crippen LogP contribution in [0.4, 0.5) is 5.69 Å². The topological polar surface area (TPSA) is 97.3 Å². The molecule has 2 rings (SSSR count). The Bertz CT molecular complexity index is 669. The molecule has 0 fully saturated rings. The Morgan fingerprint density at radius 2 is 1.78 bits per heavy atom. The minimum atomic E-state index is -0.379. The molecule has 0 atom stereocenters. The summed E-state index contributed by atoms with van der Waals surface area (Å²) in [6, 6.07) is 10.3. The molecule has 0 saturated carbocycles. The lowest BCUT2D eigenvalue weighted by atomic mass is 10.2. The largest absolute Gasteiger partial charge is 0.494 e. The lowest BCUT2D eigenvalue weighted by Crippen LogP contribution is -2.40. The fourth-order valence-electron chi connectivity index (χ4n) is 1.96. The molecule has 120 valence electrons. The summed E-state index contributed by atoms with van der Waals surface area (Å²) in [4.78, 5) is 23.3. The first kappa shape index (κ1) is 16.4. The van der Waals surface area contributed by atoms with Gasteiger partial charge in [0.2, 0.25) is 6.54 Å².